The number of rotatable bonds is 3. The van der Waals surface area contributed by atoms with E-state index < -0.39 is 17.6 Å². The Morgan fingerprint density at radius 2 is 1.80 bits per heavy atom. The van der Waals surface area contributed by atoms with Gasteiger partial charge in [0.05, 0.1) is 11.7 Å². The fraction of sp³-hybridized carbons (Fsp3) is 0.458. The summed E-state index contributed by atoms with van der Waals surface area (Å²) in [6, 6.07) is 7.01. The van der Waals surface area contributed by atoms with E-state index >= 15 is 0 Å². The number of nitrogens with zero attached hydrogens (tertiary/aromatic N) is 8. The number of hydrogen-bond acceptors (Lipinski definition) is 7. The molecule has 2 aromatic heterocycles. The first-order chi connectivity index (χ1) is 16.9. The molecule has 11 heteroatoms. The van der Waals surface area contributed by atoms with Crippen LogP contribution in [0.3, 0.4) is 0 Å². The number of anilines is 2. The molecule has 1 spiro atoms. The fourth-order valence-corrected chi connectivity index (χ4v) is 5.84. The Labute approximate surface area is 206 Å². The van der Waals surface area contributed by atoms with Gasteiger partial charge in [-0.15, -0.1) is 10.2 Å². The zero-order valence-electron chi connectivity index (χ0n) is 19.2. The molecule has 9 nitrogen and oxygen atoms in total. The summed E-state index contributed by atoms with van der Waals surface area (Å²) in [5.41, 5.74) is 0.157. The highest BCUT2D eigenvalue weighted by Crippen LogP contribution is 2.46. The molecular weight excluding hydrogens is 471 g/mol. The number of fused-ring (bicyclic) bond motifs is 3. The lowest BCUT2D eigenvalue weighted by atomic mass is 9.73. The third-order valence-electron chi connectivity index (χ3n) is 7.69. The molecule has 5 heterocycles. The fourth-order valence-electron chi connectivity index (χ4n) is 5.65. The molecule has 4 aliphatic rings. The van der Waals surface area contributed by atoms with Crippen molar-refractivity contribution in [1.82, 2.24) is 29.6 Å². The van der Waals surface area contributed by atoms with Gasteiger partial charge in [-0.05, 0) is 49.6 Å². The molecule has 3 aliphatic heterocycles. The van der Waals surface area contributed by atoms with E-state index in [1.807, 2.05) is 35.8 Å². The van der Waals surface area contributed by atoms with E-state index in [9.17, 15) is 9.18 Å². The second kappa shape index (κ2) is 7.13. The number of hydrogen-bond donors (Lipinski definition) is 0. The second-order valence-electron chi connectivity index (χ2n) is 10.3. The summed E-state index contributed by atoms with van der Waals surface area (Å²) in [7, 11) is 0. The maximum absolute atomic E-state index is 14.8. The molecule has 3 fully saturated rings. The zero-order chi connectivity index (χ0) is 23.9. The number of carbonyl (C=O) groups is 1. The van der Waals surface area contributed by atoms with Crippen LogP contribution in [-0.2, 0) is 11.3 Å². The van der Waals surface area contributed by atoms with Crippen LogP contribution >= 0.6 is 11.6 Å². The first-order valence-electron chi connectivity index (χ1n) is 11.9. The monoisotopic (exact) mass is 494 g/mol. The van der Waals surface area contributed by atoms with Gasteiger partial charge in [-0.3, -0.25) is 9.36 Å². The molecule has 1 aromatic carbocycles. The van der Waals surface area contributed by atoms with Crippen molar-refractivity contribution in [2.45, 2.75) is 38.0 Å². The average Bonchev–Trinajstić information content (AvgIpc) is 3.44. The van der Waals surface area contributed by atoms with Crippen LogP contribution in [0.2, 0.25) is 5.02 Å². The van der Waals surface area contributed by atoms with Crippen LogP contribution in [-0.4, -0.2) is 67.4 Å². The van der Waals surface area contributed by atoms with Crippen LogP contribution in [0.4, 0.5) is 16.3 Å². The largest absolute Gasteiger partial charge is 0.339 e. The Morgan fingerprint density at radius 1 is 1.09 bits per heavy atom. The Balaban J connectivity index is 1.19. The summed E-state index contributed by atoms with van der Waals surface area (Å²) in [4.78, 5) is 27.8. The normalized spacial score (nSPS) is 23.2. The molecule has 1 unspecified atom stereocenters. The molecule has 1 atom stereocenters. The van der Waals surface area contributed by atoms with Crippen molar-refractivity contribution in [3.8, 4) is 5.69 Å². The van der Waals surface area contributed by atoms with Crippen LogP contribution < -0.4 is 9.80 Å². The van der Waals surface area contributed by atoms with Gasteiger partial charge in [0, 0.05) is 55.6 Å². The first kappa shape index (κ1) is 21.0. The average molecular weight is 495 g/mol. The van der Waals surface area contributed by atoms with Gasteiger partial charge < -0.3 is 14.7 Å². The standard InChI is InChI=1S/C24H24ClFN8O/c1-15-19-29-30-22(32-13-23(14-32)11-31(12-23)21-27-7-2-8-28-21)34(19)18-4-3-17(25)9-16(18)10-33(15)20(35)24(26)5-6-24/h2-4,7-9,15H,5-6,10-14H2,1H3. The molecule has 1 aliphatic carbocycles. The minimum atomic E-state index is -1.76. The lowest BCUT2D eigenvalue weighted by Crippen LogP contribution is -2.73. The van der Waals surface area contributed by atoms with E-state index in [1.54, 1.807) is 17.3 Å². The summed E-state index contributed by atoms with van der Waals surface area (Å²) in [6.07, 6.45) is 4.07. The van der Waals surface area contributed by atoms with E-state index in [0.29, 0.717) is 10.8 Å². The molecule has 180 valence electrons. The maximum Gasteiger partial charge on any atom is 0.261 e. The van der Waals surface area contributed by atoms with Gasteiger partial charge >= 0.3 is 0 Å². The number of benzene rings is 1. The van der Waals surface area contributed by atoms with Crippen LogP contribution in [0, 0.1) is 5.41 Å². The molecule has 0 N–H and O–H groups in total. The van der Waals surface area contributed by atoms with Crippen molar-refractivity contribution in [2.24, 2.45) is 5.41 Å². The minimum Gasteiger partial charge on any atom is -0.339 e. The van der Waals surface area contributed by atoms with Crippen LogP contribution in [0.15, 0.2) is 36.7 Å². The van der Waals surface area contributed by atoms with Gasteiger partial charge in [0.15, 0.2) is 11.5 Å². The summed E-state index contributed by atoms with van der Waals surface area (Å²) < 4.78 is 16.8. The molecule has 1 saturated carbocycles. The molecule has 3 aromatic rings. The van der Waals surface area contributed by atoms with Gasteiger partial charge in [0.25, 0.3) is 5.91 Å². The predicted molar refractivity (Wildman–Crippen MR) is 127 cm³/mol. The Morgan fingerprint density at radius 3 is 2.51 bits per heavy atom. The predicted octanol–water partition coefficient (Wildman–Crippen LogP) is 2.94. The number of carbonyl (C=O) groups excluding carboxylic acids is 1. The van der Waals surface area contributed by atoms with Crippen molar-refractivity contribution in [2.75, 3.05) is 36.0 Å². The van der Waals surface area contributed by atoms with Crippen molar-refractivity contribution < 1.29 is 9.18 Å². The topological polar surface area (TPSA) is 83.3 Å². The lowest BCUT2D eigenvalue weighted by molar-refractivity contribution is -0.141. The lowest BCUT2D eigenvalue weighted by Gasteiger charge is -2.60. The van der Waals surface area contributed by atoms with E-state index in [2.05, 4.69) is 30.0 Å². The van der Waals surface area contributed by atoms with Crippen LogP contribution in [0.25, 0.3) is 5.69 Å². The highest BCUT2D eigenvalue weighted by atomic mass is 35.5. The van der Waals surface area contributed by atoms with Crippen molar-refractivity contribution in [1.29, 1.82) is 0 Å². The molecular formula is C24H24ClFN8O. The SMILES string of the molecule is CC1c2nnc(N3CC4(CN(c5ncccn5)C4)C3)n2-c2ccc(Cl)cc2CN1C(=O)C1(F)CC1. The van der Waals surface area contributed by atoms with E-state index in [0.717, 1.165) is 49.3 Å². The third-order valence-corrected chi connectivity index (χ3v) is 7.93. The number of halogens is 2. The smallest absolute Gasteiger partial charge is 0.261 e. The second-order valence-corrected chi connectivity index (χ2v) is 10.7. The number of aromatic nitrogens is 5. The molecule has 2 saturated heterocycles. The molecule has 35 heavy (non-hydrogen) atoms. The summed E-state index contributed by atoms with van der Waals surface area (Å²) >= 11 is 6.32. The van der Waals surface area contributed by atoms with Crippen molar-refractivity contribution >= 4 is 29.4 Å². The van der Waals surface area contributed by atoms with Gasteiger partial charge in [-0.1, -0.05) is 11.6 Å². The zero-order valence-corrected chi connectivity index (χ0v) is 20.0. The minimum absolute atomic E-state index is 0.180. The molecule has 1 amide bonds. The van der Waals surface area contributed by atoms with Gasteiger partial charge in [0.2, 0.25) is 11.9 Å². The highest BCUT2D eigenvalue weighted by molar-refractivity contribution is 6.30. The van der Waals surface area contributed by atoms with Gasteiger partial charge in [0.1, 0.15) is 0 Å². The Hall–Kier alpha value is -3.27. The first-order valence-corrected chi connectivity index (χ1v) is 12.2. The van der Waals surface area contributed by atoms with Crippen molar-refractivity contribution in [3.05, 3.63) is 53.1 Å². The Kier molecular flexibility index (Phi) is 4.29. The van der Waals surface area contributed by atoms with E-state index in [1.165, 1.54) is 0 Å². The number of amides is 1. The van der Waals surface area contributed by atoms with Crippen LogP contribution in [0.5, 0.6) is 0 Å². The van der Waals surface area contributed by atoms with E-state index in [-0.39, 0.29) is 24.8 Å². The van der Waals surface area contributed by atoms with Gasteiger partial charge in [-0.2, -0.15) is 0 Å². The summed E-state index contributed by atoms with van der Waals surface area (Å²) in [5.74, 6) is 1.66. The summed E-state index contributed by atoms with van der Waals surface area (Å²) in [6.45, 7) is 5.67. The Bertz CT molecular complexity index is 1330. The highest BCUT2D eigenvalue weighted by Gasteiger charge is 2.56. The quantitative estimate of drug-likeness (QED) is 0.553. The van der Waals surface area contributed by atoms with Crippen LogP contribution in [0.1, 0.15) is 37.2 Å². The van der Waals surface area contributed by atoms with E-state index in [4.69, 9.17) is 11.6 Å². The summed E-state index contributed by atoms with van der Waals surface area (Å²) in [5, 5.41) is 9.62. The molecule has 0 radical (unpaired) electrons. The maximum atomic E-state index is 14.8. The molecule has 0 bridgehead atoms. The van der Waals surface area contributed by atoms with Gasteiger partial charge in [-0.25, -0.2) is 14.4 Å². The third kappa shape index (κ3) is 3.15. The number of alkyl halides is 1. The molecule has 7 rings (SSSR count). The van der Waals surface area contributed by atoms with Crippen molar-refractivity contribution in [3.63, 3.8) is 0 Å².